The van der Waals surface area contributed by atoms with Crippen LogP contribution >= 0.6 is 0 Å². The molecule has 1 aliphatic carbocycles. The van der Waals surface area contributed by atoms with Crippen LogP contribution in [-0.2, 0) is 9.59 Å². The van der Waals surface area contributed by atoms with Gasteiger partial charge in [0.1, 0.15) is 18.1 Å². The maximum Gasteiger partial charge on any atom is 0.262 e. The van der Waals surface area contributed by atoms with Crippen molar-refractivity contribution < 1.29 is 18.7 Å². The fourth-order valence-corrected chi connectivity index (χ4v) is 3.66. The quantitative estimate of drug-likeness (QED) is 0.735. The van der Waals surface area contributed by atoms with Gasteiger partial charge in [-0.1, -0.05) is 24.3 Å². The van der Waals surface area contributed by atoms with Crippen molar-refractivity contribution in [2.75, 3.05) is 20.7 Å². The fourth-order valence-electron chi connectivity index (χ4n) is 3.66. The first kappa shape index (κ1) is 20.1. The van der Waals surface area contributed by atoms with Crippen molar-refractivity contribution in [1.29, 1.82) is 0 Å². The summed E-state index contributed by atoms with van der Waals surface area (Å²) < 4.78 is 18.7. The molecule has 1 heterocycles. The number of ether oxygens (including phenoxy) is 1. The van der Waals surface area contributed by atoms with Crippen LogP contribution in [0.3, 0.4) is 0 Å². The monoisotopic (exact) mass is 409 g/mol. The molecule has 4 rings (SSSR count). The molecule has 7 heteroatoms. The molecule has 0 aromatic heterocycles. The summed E-state index contributed by atoms with van der Waals surface area (Å²) in [6.45, 7) is -0.0398. The van der Waals surface area contributed by atoms with Crippen LogP contribution in [0.2, 0.25) is 0 Å². The average molecular weight is 409 g/mol. The second kappa shape index (κ2) is 8.26. The highest BCUT2D eigenvalue weighted by molar-refractivity contribution is 6.03. The van der Waals surface area contributed by atoms with E-state index in [9.17, 15) is 14.0 Å². The number of halogens is 1. The molecule has 0 saturated heterocycles. The maximum atomic E-state index is 13.4. The Balaban J connectivity index is 1.60. The van der Waals surface area contributed by atoms with Crippen molar-refractivity contribution >= 4 is 17.5 Å². The summed E-state index contributed by atoms with van der Waals surface area (Å²) in [6.07, 6.45) is 2.26. The van der Waals surface area contributed by atoms with E-state index in [4.69, 9.17) is 4.74 Å². The van der Waals surface area contributed by atoms with Crippen molar-refractivity contribution in [3.05, 3.63) is 65.5 Å². The number of benzene rings is 2. The number of methoxy groups -OCH3 is 1. The number of amides is 2. The molecule has 1 fully saturated rings. The van der Waals surface area contributed by atoms with Crippen LogP contribution in [0.5, 0.6) is 5.75 Å². The molecule has 2 amide bonds. The molecule has 156 valence electrons. The molecule has 1 atom stereocenters. The van der Waals surface area contributed by atoms with Gasteiger partial charge in [-0.2, -0.15) is 5.10 Å². The van der Waals surface area contributed by atoms with Crippen molar-refractivity contribution in [3.8, 4) is 5.75 Å². The molecular weight excluding hydrogens is 385 g/mol. The summed E-state index contributed by atoms with van der Waals surface area (Å²) in [5.41, 5.74) is 2.40. The molecule has 2 aromatic rings. The van der Waals surface area contributed by atoms with Crippen LogP contribution in [0.15, 0.2) is 53.6 Å². The number of carbonyl (C=O) groups excluding carboxylic acids is 2. The molecule has 1 aliphatic heterocycles. The molecule has 0 bridgehead atoms. The summed E-state index contributed by atoms with van der Waals surface area (Å²) in [5.74, 6) is 0.146. The molecule has 30 heavy (non-hydrogen) atoms. The van der Waals surface area contributed by atoms with E-state index in [2.05, 4.69) is 5.10 Å². The highest BCUT2D eigenvalue weighted by atomic mass is 19.1. The predicted molar refractivity (Wildman–Crippen MR) is 110 cm³/mol. The van der Waals surface area contributed by atoms with Crippen molar-refractivity contribution in [2.24, 2.45) is 11.0 Å². The topological polar surface area (TPSA) is 62.2 Å². The van der Waals surface area contributed by atoms with Crippen molar-refractivity contribution in [3.63, 3.8) is 0 Å². The number of hydrogen-bond donors (Lipinski definition) is 0. The van der Waals surface area contributed by atoms with Gasteiger partial charge in [-0.15, -0.1) is 0 Å². The zero-order valence-electron chi connectivity index (χ0n) is 17.0. The lowest BCUT2D eigenvalue weighted by Gasteiger charge is -2.25. The Kier molecular flexibility index (Phi) is 5.53. The molecule has 0 unspecified atom stereocenters. The zero-order valence-corrected chi connectivity index (χ0v) is 17.0. The van der Waals surface area contributed by atoms with Gasteiger partial charge in [-0.3, -0.25) is 9.59 Å². The van der Waals surface area contributed by atoms with E-state index in [0.29, 0.717) is 12.2 Å². The van der Waals surface area contributed by atoms with E-state index in [1.54, 1.807) is 26.3 Å². The largest absolute Gasteiger partial charge is 0.497 e. The van der Waals surface area contributed by atoms with E-state index in [1.807, 2.05) is 24.3 Å². The van der Waals surface area contributed by atoms with Crippen molar-refractivity contribution in [2.45, 2.75) is 25.3 Å². The first-order chi connectivity index (χ1) is 14.5. The first-order valence-electron chi connectivity index (χ1n) is 10.0. The number of likely N-dealkylation sites (N-methyl/N-ethyl adjacent to an activating group) is 1. The molecular formula is C23H24FN3O3. The molecule has 6 nitrogen and oxygen atoms in total. The number of carbonyl (C=O) groups is 2. The van der Waals surface area contributed by atoms with Gasteiger partial charge in [-0.25, -0.2) is 9.40 Å². The molecule has 2 aromatic carbocycles. The Morgan fingerprint density at radius 3 is 2.60 bits per heavy atom. The first-order valence-corrected chi connectivity index (χ1v) is 10.0. The van der Waals surface area contributed by atoms with E-state index in [-0.39, 0.29) is 36.1 Å². The predicted octanol–water partition coefficient (Wildman–Crippen LogP) is 3.38. The Morgan fingerprint density at radius 1 is 1.20 bits per heavy atom. The Labute approximate surface area is 174 Å². The zero-order chi connectivity index (χ0) is 21.3. The second-order valence-corrected chi connectivity index (χ2v) is 7.76. The van der Waals surface area contributed by atoms with Gasteiger partial charge >= 0.3 is 0 Å². The van der Waals surface area contributed by atoms with Gasteiger partial charge < -0.3 is 9.64 Å². The van der Waals surface area contributed by atoms with Gasteiger partial charge in [0.05, 0.1) is 18.9 Å². The fraction of sp³-hybridized carbons (Fsp3) is 0.348. The second-order valence-electron chi connectivity index (χ2n) is 7.76. The number of hydrogen-bond acceptors (Lipinski definition) is 4. The van der Waals surface area contributed by atoms with Crippen LogP contribution < -0.4 is 4.74 Å². The van der Waals surface area contributed by atoms with Gasteiger partial charge in [0.2, 0.25) is 5.91 Å². The Bertz CT molecular complexity index is 985. The van der Waals surface area contributed by atoms with Gasteiger partial charge in [0.25, 0.3) is 5.91 Å². The van der Waals surface area contributed by atoms with Crippen molar-refractivity contribution in [1.82, 2.24) is 9.91 Å². The molecule has 0 spiro atoms. The molecule has 2 aliphatic rings. The van der Waals surface area contributed by atoms with E-state index < -0.39 is 0 Å². The van der Waals surface area contributed by atoms with Crippen LogP contribution in [0, 0.1) is 11.7 Å². The summed E-state index contributed by atoms with van der Waals surface area (Å²) in [6, 6.07) is 13.2. The SMILES string of the molecule is COc1cccc(C2=NN(C(=O)CN(C)C(=O)C3CC3)[C@@H](c3ccc(F)cc3)C2)c1. The Morgan fingerprint density at radius 2 is 1.93 bits per heavy atom. The number of rotatable bonds is 6. The van der Waals surface area contributed by atoms with Crippen LogP contribution in [0.1, 0.15) is 36.4 Å². The number of hydrazone groups is 1. The van der Waals surface area contributed by atoms with E-state index in [1.165, 1.54) is 22.0 Å². The standard InChI is InChI=1S/C23H24FN3O3/c1-26(23(29)16-6-7-16)14-22(28)27-21(15-8-10-18(24)11-9-15)13-20(25-27)17-4-3-5-19(12-17)30-2/h3-5,8-12,16,21H,6-7,13-14H2,1-2H3/t21-/m1/s1. The lowest BCUT2D eigenvalue weighted by molar-refractivity contribution is -0.141. The minimum Gasteiger partial charge on any atom is -0.497 e. The maximum absolute atomic E-state index is 13.4. The Hall–Kier alpha value is -3.22. The lowest BCUT2D eigenvalue weighted by Crippen LogP contribution is -2.39. The van der Waals surface area contributed by atoms with Crippen LogP contribution in [-0.4, -0.2) is 48.1 Å². The molecule has 0 radical (unpaired) electrons. The highest BCUT2D eigenvalue weighted by Crippen LogP contribution is 2.34. The summed E-state index contributed by atoms with van der Waals surface area (Å²) in [5, 5.41) is 6.03. The smallest absolute Gasteiger partial charge is 0.262 e. The van der Waals surface area contributed by atoms with Gasteiger partial charge in [-0.05, 0) is 42.7 Å². The lowest BCUT2D eigenvalue weighted by atomic mass is 9.98. The third-order valence-corrected chi connectivity index (χ3v) is 5.50. The van der Waals surface area contributed by atoms with Gasteiger partial charge in [0, 0.05) is 24.9 Å². The van der Waals surface area contributed by atoms with E-state index in [0.717, 1.165) is 29.7 Å². The summed E-state index contributed by atoms with van der Waals surface area (Å²) >= 11 is 0. The minimum absolute atomic E-state index is 0.00196. The van der Waals surface area contributed by atoms with Gasteiger partial charge in [0.15, 0.2) is 0 Å². The number of nitrogens with zero attached hydrogens (tertiary/aromatic N) is 3. The summed E-state index contributed by atoms with van der Waals surface area (Å²) in [7, 11) is 3.24. The van der Waals surface area contributed by atoms with Crippen LogP contribution in [0.25, 0.3) is 0 Å². The molecule has 0 N–H and O–H groups in total. The van der Waals surface area contributed by atoms with E-state index >= 15 is 0 Å². The average Bonchev–Trinajstić information content (AvgIpc) is 3.51. The third-order valence-electron chi connectivity index (χ3n) is 5.50. The third kappa shape index (κ3) is 4.20. The normalized spacial score (nSPS) is 18.2. The molecule has 1 saturated carbocycles. The summed E-state index contributed by atoms with van der Waals surface area (Å²) in [4.78, 5) is 26.8. The highest BCUT2D eigenvalue weighted by Gasteiger charge is 2.36. The van der Waals surface area contributed by atoms with Crippen LogP contribution in [0.4, 0.5) is 4.39 Å². The minimum atomic E-state index is -0.358.